The first-order valence-electron chi connectivity index (χ1n) is 12.4. The Balaban J connectivity index is 1.47. The minimum atomic E-state index is -4.53. The molecule has 1 aromatic carbocycles. The smallest absolute Gasteiger partial charge is 0.370 e. The maximum atomic E-state index is 13.3. The van der Waals surface area contributed by atoms with Crippen LogP contribution in [0.1, 0.15) is 38.1 Å². The van der Waals surface area contributed by atoms with Gasteiger partial charge in [-0.1, -0.05) is 35.9 Å². The van der Waals surface area contributed by atoms with E-state index in [4.69, 9.17) is 21.4 Å². The number of aromatic nitrogens is 6. The molecule has 13 heteroatoms. The number of benzene rings is 1. The molecule has 3 aromatic heterocycles. The highest BCUT2D eigenvalue weighted by molar-refractivity contribution is 6.33. The number of aryl methyl sites for hydroxylation is 1. The van der Waals surface area contributed by atoms with Crippen LogP contribution in [0.5, 0.6) is 0 Å². The Morgan fingerprint density at radius 3 is 2.54 bits per heavy atom. The van der Waals surface area contributed by atoms with Crippen molar-refractivity contribution >= 4 is 23.3 Å². The Kier molecular flexibility index (Phi) is 7.02. The minimum Gasteiger partial charge on any atom is -0.370 e. The number of amides is 1. The highest BCUT2D eigenvalue weighted by Gasteiger charge is 2.36. The van der Waals surface area contributed by atoms with Gasteiger partial charge in [-0.25, -0.2) is 9.67 Å². The van der Waals surface area contributed by atoms with Gasteiger partial charge in [0.15, 0.2) is 11.8 Å². The number of nitrogens with zero attached hydrogens (tertiary/aromatic N) is 7. The van der Waals surface area contributed by atoms with Gasteiger partial charge in [0.1, 0.15) is 23.0 Å². The number of halogens is 4. The summed E-state index contributed by atoms with van der Waals surface area (Å²) in [5, 5.41) is 9.52. The highest BCUT2D eigenvalue weighted by Crippen LogP contribution is 2.35. The van der Waals surface area contributed by atoms with E-state index in [2.05, 4.69) is 10.1 Å². The van der Waals surface area contributed by atoms with Gasteiger partial charge < -0.3 is 9.30 Å². The monoisotopic (exact) mass is 561 g/mol. The third-order valence-corrected chi connectivity index (χ3v) is 6.92. The molecule has 1 atom stereocenters. The van der Waals surface area contributed by atoms with Gasteiger partial charge in [0.2, 0.25) is 0 Å². The number of anilines is 1. The van der Waals surface area contributed by atoms with Crippen LogP contribution in [0.25, 0.3) is 22.8 Å². The molecule has 206 valence electrons. The Hall–Kier alpha value is -3.64. The van der Waals surface area contributed by atoms with Crippen molar-refractivity contribution in [3.63, 3.8) is 0 Å². The van der Waals surface area contributed by atoms with Crippen LogP contribution in [0.4, 0.5) is 19.0 Å². The fourth-order valence-electron chi connectivity index (χ4n) is 4.67. The molecule has 0 saturated heterocycles. The Morgan fingerprint density at radius 2 is 1.92 bits per heavy atom. The average molecular weight is 562 g/mol. The van der Waals surface area contributed by atoms with Crippen molar-refractivity contribution in [3.8, 4) is 22.8 Å². The molecule has 9 nitrogen and oxygen atoms in total. The number of imidazole rings is 1. The van der Waals surface area contributed by atoms with Gasteiger partial charge in [-0.3, -0.25) is 14.4 Å². The molecule has 0 N–H and O–H groups in total. The van der Waals surface area contributed by atoms with Crippen molar-refractivity contribution in [1.29, 1.82) is 0 Å². The van der Waals surface area contributed by atoms with Crippen LogP contribution in [-0.2, 0) is 35.3 Å². The van der Waals surface area contributed by atoms with E-state index in [0.29, 0.717) is 34.3 Å². The van der Waals surface area contributed by atoms with Crippen molar-refractivity contribution in [2.24, 2.45) is 0 Å². The van der Waals surface area contributed by atoms with E-state index < -0.39 is 18.0 Å². The third-order valence-electron chi connectivity index (χ3n) is 6.64. The molecular weight excluding hydrogens is 535 g/mol. The number of carbonyl (C=O) groups is 1. The fraction of sp³-hybridized carbons (Fsp3) is 0.385. The van der Waals surface area contributed by atoms with Crippen LogP contribution in [0, 0.1) is 0 Å². The number of hydrogen-bond acceptors (Lipinski definition) is 5. The lowest BCUT2D eigenvalue weighted by Gasteiger charge is -2.32. The molecular formula is C26H27ClF3N7O2. The fourth-order valence-corrected chi connectivity index (χ4v) is 4.90. The second-order valence-corrected chi connectivity index (χ2v) is 9.94. The van der Waals surface area contributed by atoms with Crippen LogP contribution in [0.2, 0.25) is 5.02 Å². The maximum absolute atomic E-state index is 13.3. The molecule has 1 unspecified atom stereocenters. The molecule has 1 aliphatic rings. The third kappa shape index (κ3) is 4.94. The quantitative estimate of drug-likeness (QED) is 0.300. The summed E-state index contributed by atoms with van der Waals surface area (Å²) < 4.78 is 50.0. The molecule has 39 heavy (non-hydrogen) atoms. The standard InChI is InChI=1S/C26H27ClF3N7O2/c1-5-34-14-21(26(28,29)30)32-24(34)17-8-6-16(7-9-17)12-35-22-10-19(23-18(27)11-31-37(23)15(2)3)33-36(22)13-20(39-4)25(35)38/h6-11,14-15,20H,5,12-13H2,1-4H3. The number of hydrogen-bond donors (Lipinski definition) is 0. The predicted octanol–water partition coefficient (Wildman–Crippen LogP) is 5.44. The van der Waals surface area contributed by atoms with Crippen LogP contribution < -0.4 is 4.90 Å². The summed E-state index contributed by atoms with van der Waals surface area (Å²) in [6.07, 6.45) is -2.68. The summed E-state index contributed by atoms with van der Waals surface area (Å²) in [4.78, 5) is 18.7. The number of ether oxygens (including phenoxy) is 1. The minimum absolute atomic E-state index is 0.0460. The molecule has 0 saturated carbocycles. The van der Waals surface area contributed by atoms with E-state index in [1.54, 1.807) is 57.7 Å². The van der Waals surface area contributed by atoms with Crippen LogP contribution in [0.3, 0.4) is 0 Å². The van der Waals surface area contributed by atoms with E-state index in [9.17, 15) is 18.0 Å². The predicted molar refractivity (Wildman–Crippen MR) is 139 cm³/mol. The molecule has 4 heterocycles. The summed E-state index contributed by atoms with van der Waals surface area (Å²) in [6, 6.07) is 8.80. The van der Waals surface area contributed by atoms with Crippen molar-refractivity contribution < 1.29 is 22.7 Å². The molecule has 5 rings (SSSR count). The molecule has 0 radical (unpaired) electrons. The average Bonchev–Trinajstić information content (AvgIpc) is 3.61. The summed E-state index contributed by atoms with van der Waals surface area (Å²) in [6.45, 7) is 6.52. The van der Waals surface area contributed by atoms with Crippen molar-refractivity contribution in [3.05, 3.63) is 59.0 Å². The molecule has 1 aliphatic heterocycles. The molecule has 0 fully saturated rings. The molecule has 0 bridgehead atoms. The number of methoxy groups -OCH3 is 1. The van der Waals surface area contributed by atoms with Gasteiger partial charge in [0.05, 0.1) is 24.3 Å². The summed E-state index contributed by atoms with van der Waals surface area (Å²) in [5.41, 5.74) is 1.62. The second-order valence-electron chi connectivity index (χ2n) is 9.53. The number of carbonyl (C=O) groups excluding carboxylic acids is 1. The highest BCUT2D eigenvalue weighted by atomic mass is 35.5. The topological polar surface area (TPSA) is 83.0 Å². The zero-order valence-electron chi connectivity index (χ0n) is 21.8. The molecule has 1 amide bonds. The van der Waals surface area contributed by atoms with Gasteiger partial charge >= 0.3 is 6.18 Å². The first-order valence-corrected chi connectivity index (χ1v) is 12.8. The first kappa shape index (κ1) is 26.9. The molecule has 0 spiro atoms. The molecule has 4 aromatic rings. The summed E-state index contributed by atoms with van der Waals surface area (Å²) in [5.74, 6) is 0.586. The van der Waals surface area contributed by atoms with Gasteiger partial charge in [-0.15, -0.1) is 0 Å². The number of rotatable bonds is 7. The van der Waals surface area contributed by atoms with E-state index in [1.165, 1.54) is 11.7 Å². The summed E-state index contributed by atoms with van der Waals surface area (Å²) >= 11 is 6.44. The summed E-state index contributed by atoms with van der Waals surface area (Å²) in [7, 11) is 1.47. The Bertz CT molecular complexity index is 1500. The lowest BCUT2D eigenvalue weighted by atomic mass is 10.1. The van der Waals surface area contributed by atoms with Gasteiger partial charge in [0.25, 0.3) is 5.91 Å². The van der Waals surface area contributed by atoms with Crippen molar-refractivity contribution in [2.75, 3.05) is 12.0 Å². The van der Waals surface area contributed by atoms with Crippen molar-refractivity contribution in [1.82, 2.24) is 29.1 Å². The van der Waals surface area contributed by atoms with Gasteiger partial charge in [-0.2, -0.15) is 23.4 Å². The number of fused-ring (bicyclic) bond motifs is 1. The Labute approximate surface area is 227 Å². The SMILES string of the molecule is CCn1cc(C(F)(F)F)nc1-c1ccc(CN2C(=O)C(OC)Cn3nc(-c4c(Cl)cnn4C(C)C)cc32)cc1. The van der Waals surface area contributed by atoms with E-state index in [0.717, 1.165) is 11.8 Å². The van der Waals surface area contributed by atoms with Gasteiger partial charge in [0, 0.05) is 37.5 Å². The Morgan fingerprint density at radius 1 is 1.21 bits per heavy atom. The van der Waals surface area contributed by atoms with Gasteiger partial charge in [-0.05, 0) is 26.3 Å². The zero-order valence-corrected chi connectivity index (χ0v) is 22.5. The second kappa shape index (κ2) is 10.2. The largest absolute Gasteiger partial charge is 0.434 e. The van der Waals surface area contributed by atoms with Crippen LogP contribution in [0.15, 0.2) is 42.7 Å². The lowest BCUT2D eigenvalue weighted by Crippen LogP contribution is -2.47. The number of alkyl halides is 3. The first-order chi connectivity index (χ1) is 18.5. The van der Waals surface area contributed by atoms with Crippen molar-refractivity contribution in [2.45, 2.75) is 58.7 Å². The van der Waals surface area contributed by atoms with E-state index in [-0.39, 0.29) is 30.9 Å². The maximum Gasteiger partial charge on any atom is 0.434 e. The lowest BCUT2D eigenvalue weighted by molar-refractivity contribution is -0.141. The van der Waals surface area contributed by atoms with E-state index >= 15 is 0 Å². The molecule has 0 aliphatic carbocycles. The van der Waals surface area contributed by atoms with E-state index in [1.807, 2.05) is 13.8 Å². The zero-order chi connectivity index (χ0) is 28.1. The van der Waals surface area contributed by atoms with Crippen LogP contribution in [-0.4, -0.2) is 48.2 Å². The normalized spacial score (nSPS) is 15.9. The van der Waals surface area contributed by atoms with Crippen LogP contribution >= 0.6 is 11.6 Å².